The molecule has 1 saturated heterocycles. The first-order valence-electron chi connectivity index (χ1n) is 8.43. The molecule has 1 aliphatic rings. The van der Waals surface area contributed by atoms with Crippen molar-refractivity contribution < 1.29 is 9.18 Å². The molecule has 25 heavy (non-hydrogen) atoms. The summed E-state index contributed by atoms with van der Waals surface area (Å²) < 4.78 is 13.8. The number of hydrogen-bond acceptors (Lipinski definition) is 5. The molecule has 1 N–H and O–H groups in total. The lowest BCUT2D eigenvalue weighted by molar-refractivity contribution is -0.132. The molecule has 1 unspecified atom stereocenters. The number of rotatable bonds is 5. The molecule has 6 nitrogen and oxygen atoms in total. The van der Waals surface area contributed by atoms with Crippen LogP contribution in [0, 0.1) is 5.82 Å². The highest BCUT2D eigenvalue weighted by Gasteiger charge is 2.26. The Bertz CT molecular complexity index is 729. The molecule has 0 saturated carbocycles. The monoisotopic (exact) mass is 363 g/mol. The molecule has 1 aliphatic heterocycles. The van der Waals surface area contributed by atoms with E-state index in [0.29, 0.717) is 16.5 Å². The fraction of sp³-hybridized carbons (Fsp3) is 0.471. The standard InChI is InChI=1S/C17H22FN5OS/c1-3-22-8-10-23(11-9-22)16(24)12(2)25-17-19-15(20-21-17)13-6-4-5-7-14(13)18/h4-7,12H,3,8-11H2,1-2H3,(H,19,20,21). The molecule has 0 bridgehead atoms. The summed E-state index contributed by atoms with van der Waals surface area (Å²) in [6, 6.07) is 6.40. The summed E-state index contributed by atoms with van der Waals surface area (Å²) in [6.45, 7) is 8.35. The minimum absolute atomic E-state index is 0.0954. The fourth-order valence-corrected chi connectivity index (χ4v) is 3.63. The summed E-state index contributed by atoms with van der Waals surface area (Å²) in [4.78, 5) is 21.1. The van der Waals surface area contributed by atoms with E-state index in [2.05, 4.69) is 27.0 Å². The van der Waals surface area contributed by atoms with Gasteiger partial charge in [0.25, 0.3) is 0 Å². The fourth-order valence-electron chi connectivity index (χ4n) is 2.82. The van der Waals surface area contributed by atoms with Gasteiger partial charge in [-0.25, -0.2) is 9.37 Å². The van der Waals surface area contributed by atoms with Crippen molar-refractivity contribution in [1.29, 1.82) is 0 Å². The maximum Gasteiger partial charge on any atom is 0.235 e. The first-order chi connectivity index (χ1) is 12.1. The molecule has 1 amide bonds. The Hall–Kier alpha value is -1.93. The molecule has 2 aromatic rings. The molecule has 3 rings (SSSR count). The average Bonchev–Trinajstić information content (AvgIpc) is 3.09. The summed E-state index contributed by atoms with van der Waals surface area (Å²) in [5.41, 5.74) is 0.372. The number of thioether (sulfide) groups is 1. The second-order valence-corrected chi connectivity index (χ2v) is 7.27. The predicted octanol–water partition coefficient (Wildman–Crippen LogP) is 2.26. The molecule has 1 aromatic carbocycles. The van der Waals surface area contributed by atoms with E-state index in [1.165, 1.54) is 17.8 Å². The topological polar surface area (TPSA) is 65.1 Å². The largest absolute Gasteiger partial charge is 0.339 e. The number of benzene rings is 1. The van der Waals surface area contributed by atoms with E-state index in [1.54, 1.807) is 18.2 Å². The maximum absolute atomic E-state index is 13.8. The lowest BCUT2D eigenvalue weighted by Gasteiger charge is -2.35. The molecule has 0 aliphatic carbocycles. The van der Waals surface area contributed by atoms with Crippen LogP contribution in [-0.4, -0.2) is 68.9 Å². The Labute approximate surface area is 150 Å². The van der Waals surface area contributed by atoms with Gasteiger partial charge in [-0.3, -0.25) is 9.89 Å². The van der Waals surface area contributed by atoms with Gasteiger partial charge in [0.2, 0.25) is 11.1 Å². The molecular formula is C17H22FN5OS. The highest BCUT2D eigenvalue weighted by atomic mass is 32.2. The Balaban J connectivity index is 1.61. The zero-order valence-corrected chi connectivity index (χ0v) is 15.2. The van der Waals surface area contributed by atoms with Crippen molar-refractivity contribution in [1.82, 2.24) is 25.0 Å². The zero-order chi connectivity index (χ0) is 17.8. The van der Waals surface area contributed by atoms with Crippen LogP contribution in [-0.2, 0) is 4.79 Å². The summed E-state index contributed by atoms with van der Waals surface area (Å²) in [6.07, 6.45) is 0. The van der Waals surface area contributed by atoms with E-state index in [1.807, 2.05) is 11.8 Å². The number of likely N-dealkylation sites (N-methyl/N-ethyl adjacent to an activating group) is 1. The maximum atomic E-state index is 13.8. The normalized spacial score (nSPS) is 16.8. The lowest BCUT2D eigenvalue weighted by Crippen LogP contribution is -2.50. The zero-order valence-electron chi connectivity index (χ0n) is 14.4. The number of carbonyl (C=O) groups excluding carboxylic acids is 1. The Morgan fingerprint density at radius 3 is 2.72 bits per heavy atom. The molecular weight excluding hydrogens is 341 g/mol. The summed E-state index contributed by atoms with van der Waals surface area (Å²) in [5.74, 6) is 0.114. The van der Waals surface area contributed by atoms with Crippen LogP contribution in [0.5, 0.6) is 0 Å². The SMILES string of the molecule is CCN1CCN(C(=O)C(C)Sc2n[nH]c(-c3ccccc3F)n2)CC1. The van der Waals surface area contributed by atoms with Gasteiger partial charge in [-0.2, -0.15) is 0 Å². The van der Waals surface area contributed by atoms with Crippen molar-refractivity contribution in [2.24, 2.45) is 0 Å². The van der Waals surface area contributed by atoms with Crippen LogP contribution >= 0.6 is 11.8 Å². The van der Waals surface area contributed by atoms with E-state index < -0.39 is 0 Å². The number of amides is 1. The number of hydrogen-bond donors (Lipinski definition) is 1. The number of piperazine rings is 1. The molecule has 1 atom stereocenters. The third-order valence-electron chi connectivity index (χ3n) is 4.36. The summed E-state index contributed by atoms with van der Waals surface area (Å²) in [5, 5.41) is 7.02. The second-order valence-electron chi connectivity index (χ2n) is 5.97. The molecule has 1 aromatic heterocycles. The number of H-pyrrole nitrogens is 1. The molecule has 134 valence electrons. The van der Waals surface area contributed by atoms with Crippen molar-refractivity contribution in [3.63, 3.8) is 0 Å². The number of carbonyl (C=O) groups is 1. The summed E-state index contributed by atoms with van der Waals surface area (Å²) in [7, 11) is 0. The smallest absolute Gasteiger partial charge is 0.235 e. The predicted molar refractivity (Wildman–Crippen MR) is 95.8 cm³/mol. The number of nitrogens with zero attached hydrogens (tertiary/aromatic N) is 4. The minimum atomic E-state index is -0.354. The van der Waals surface area contributed by atoms with Crippen molar-refractivity contribution in [2.45, 2.75) is 24.3 Å². The van der Waals surface area contributed by atoms with E-state index in [0.717, 1.165) is 32.7 Å². The molecule has 8 heteroatoms. The van der Waals surface area contributed by atoms with E-state index in [4.69, 9.17) is 0 Å². The Kier molecular flexibility index (Phi) is 5.70. The first kappa shape index (κ1) is 17.9. The van der Waals surface area contributed by atoms with Crippen LogP contribution < -0.4 is 0 Å². The average molecular weight is 363 g/mol. The number of nitrogens with one attached hydrogen (secondary N) is 1. The summed E-state index contributed by atoms with van der Waals surface area (Å²) >= 11 is 1.29. The Morgan fingerprint density at radius 2 is 2.04 bits per heavy atom. The van der Waals surface area contributed by atoms with Gasteiger partial charge >= 0.3 is 0 Å². The third-order valence-corrected chi connectivity index (χ3v) is 5.30. The van der Waals surface area contributed by atoms with Crippen LogP contribution in [0.25, 0.3) is 11.4 Å². The van der Waals surface area contributed by atoms with Gasteiger partial charge in [-0.1, -0.05) is 30.8 Å². The van der Waals surface area contributed by atoms with Gasteiger partial charge in [-0.15, -0.1) is 5.10 Å². The van der Waals surface area contributed by atoms with Gasteiger partial charge in [0, 0.05) is 26.2 Å². The number of aromatic nitrogens is 3. The molecule has 1 fully saturated rings. The lowest BCUT2D eigenvalue weighted by atomic mass is 10.2. The molecule has 0 radical (unpaired) electrons. The number of halogens is 1. The highest BCUT2D eigenvalue weighted by molar-refractivity contribution is 8.00. The third kappa shape index (κ3) is 4.19. The van der Waals surface area contributed by atoms with E-state index >= 15 is 0 Å². The minimum Gasteiger partial charge on any atom is -0.339 e. The molecule has 0 spiro atoms. The van der Waals surface area contributed by atoms with Crippen LogP contribution in [0.1, 0.15) is 13.8 Å². The van der Waals surface area contributed by atoms with Crippen LogP contribution in [0.3, 0.4) is 0 Å². The van der Waals surface area contributed by atoms with Gasteiger partial charge in [0.05, 0.1) is 10.8 Å². The van der Waals surface area contributed by atoms with Crippen LogP contribution in [0.15, 0.2) is 29.4 Å². The van der Waals surface area contributed by atoms with Crippen molar-refractivity contribution >= 4 is 17.7 Å². The van der Waals surface area contributed by atoms with E-state index in [9.17, 15) is 9.18 Å². The molecule has 2 heterocycles. The second kappa shape index (κ2) is 7.97. The quantitative estimate of drug-likeness (QED) is 0.826. The van der Waals surface area contributed by atoms with Gasteiger partial charge in [0.15, 0.2) is 5.82 Å². The van der Waals surface area contributed by atoms with Crippen molar-refractivity contribution in [2.75, 3.05) is 32.7 Å². The van der Waals surface area contributed by atoms with Gasteiger partial charge in [-0.05, 0) is 25.6 Å². The first-order valence-corrected chi connectivity index (χ1v) is 9.31. The van der Waals surface area contributed by atoms with E-state index in [-0.39, 0.29) is 17.0 Å². The van der Waals surface area contributed by atoms with Crippen molar-refractivity contribution in [3.05, 3.63) is 30.1 Å². The van der Waals surface area contributed by atoms with Crippen molar-refractivity contribution in [3.8, 4) is 11.4 Å². The van der Waals surface area contributed by atoms with Gasteiger partial charge in [0.1, 0.15) is 5.82 Å². The Morgan fingerprint density at radius 1 is 1.32 bits per heavy atom. The van der Waals surface area contributed by atoms with Crippen LogP contribution in [0.2, 0.25) is 0 Å². The van der Waals surface area contributed by atoms with Gasteiger partial charge < -0.3 is 9.80 Å². The highest BCUT2D eigenvalue weighted by Crippen LogP contribution is 2.25. The number of aromatic amines is 1. The van der Waals surface area contributed by atoms with Crippen LogP contribution in [0.4, 0.5) is 4.39 Å².